The summed E-state index contributed by atoms with van der Waals surface area (Å²) in [5.41, 5.74) is 2.87. The summed E-state index contributed by atoms with van der Waals surface area (Å²) >= 11 is 0. The summed E-state index contributed by atoms with van der Waals surface area (Å²) in [5.74, 6) is -0.00407. The molecule has 3 nitrogen and oxygen atoms in total. The zero-order chi connectivity index (χ0) is 16.0. The van der Waals surface area contributed by atoms with Crippen LogP contribution < -0.4 is 0 Å². The van der Waals surface area contributed by atoms with Crippen molar-refractivity contribution in [3.63, 3.8) is 0 Å². The number of benzene rings is 2. The smallest absolute Gasteiger partial charge is 0.501 e. The third-order valence-electron chi connectivity index (χ3n) is 2.45. The van der Waals surface area contributed by atoms with Gasteiger partial charge in [-0.15, -0.1) is 0 Å². The fourth-order valence-electron chi connectivity index (χ4n) is 1.66. The largest absolute Gasteiger partial charge is 0.673 e. The van der Waals surface area contributed by atoms with Gasteiger partial charge < -0.3 is 22.4 Å². The molecule has 0 atom stereocenters. The maximum atomic E-state index is 9.88. The zero-order valence-corrected chi connectivity index (χ0v) is 11.0. The Morgan fingerprint density at radius 3 is 2.14 bits per heavy atom. The van der Waals surface area contributed by atoms with Gasteiger partial charge in [0.25, 0.3) is 0 Å². The van der Waals surface area contributed by atoms with Gasteiger partial charge >= 0.3 is 12.9 Å². The second kappa shape index (κ2) is 6.75. The standard InChI is InChI=1S/C13H10N2O.BF4/c1-9-4-2-5-10(8-9)11-6-3-7-12(15-14)13(11)16;2-1(3,4)5/h2-8H,1H3;/q;-1/p+1. The molecule has 0 aliphatic rings. The topological polar surface area (TPSA) is 48.4 Å². The molecule has 2 aromatic carbocycles. The van der Waals surface area contributed by atoms with Crippen molar-refractivity contribution >= 4 is 12.9 Å². The molecule has 0 heterocycles. The van der Waals surface area contributed by atoms with E-state index in [4.69, 9.17) is 5.39 Å². The van der Waals surface area contributed by atoms with Gasteiger partial charge in [0, 0.05) is 11.6 Å². The van der Waals surface area contributed by atoms with Crippen molar-refractivity contribution < 1.29 is 22.4 Å². The number of halogens is 4. The number of nitrogens with zero attached hydrogens (tertiary/aromatic N) is 2. The van der Waals surface area contributed by atoms with Crippen LogP contribution in [0.2, 0.25) is 0 Å². The van der Waals surface area contributed by atoms with Gasteiger partial charge in [0.1, 0.15) is 0 Å². The molecular formula is C13H11BF4N2O. The summed E-state index contributed by atoms with van der Waals surface area (Å²) in [6.45, 7) is 1.99. The summed E-state index contributed by atoms with van der Waals surface area (Å²) in [6.07, 6.45) is 0. The Kier molecular flexibility index (Phi) is 5.30. The molecular weight excluding hydrogens is 287 g/mol. The van der Waals surface area contributed by atoms with E-state index < -0.39 is 7.25 Å². The van der Waals surface area contributed by atoms with E-state index in [1.807, 2.05) is 31.2 Å². The molecule has 0 fully saturated rings. The molecule has 0 aliphatic carbocycles. The average Bonchev–Trinajstić information content (AvgIpc) is 2.37. The third kappa shape index (κ3) is 5.52. The van der Waals surface area contributed by atoms with Gasteiger partial charge in [-0.25, -0.2) is 0 Å². The molecule has 2 aromatic rings. The van der Waals surface area contributed by atoms with Gasteiger partial charge in [-0.2, -0.15) is 0 Å². The Hall–Kier alpha value is -2.56. The number of hydrogen-bond donors (Lipinski definition) is 1. The van der Waals surface area contributed by atoms with Crippen LogP contribution in [0.4, 0.5) is 23.0 Å². The molecule has 0 amide bonds. The molecule has 0 spiro atoms. The fourth-order valence-corrected chi connectivity index (χ4v) is 1.66. The summed E-state index contributed by atoms with van der Waals surface area (Å²) < 4.78 is 39.0. The van der Waals surface area contributed by atoms with E-state index in [-0.39, 0.29) is 11.4 Å². The Bertz CT molecular complexity index is 662. The van der Waals surface area contributed by atoms with Crippen molar-refractivity contribution in [2.45, 2.75) is 6.92 Å². The summed E-state index contributed by atoms with van der Waals surface area (Å²) in [6, 6.07) is 12.9. The van der Waals surface area contributed by atoms with E-state index in [2.05, 4.69) is 4.98 Å². The predicted molar refractivity (Wildman–Crippen MR) is 73.2 cm³/mol. The Balaban J connectivity index is 0.000000383. The lowest BCUT2D eigenvalue weighted by molar-refractivity contribution is 0.368. The number of hydrogen-bond acceptors (Lipinski definition) is 2. The average molecular weight is 298 g/mol. The van der Waals surface area contributed by atoms with Crippen LogP contribution in [-0.2, 0) is 0 Å². The van der Waals surface area contributed by atoms with Gasteiger partial charge in [0.15, 0.2) is 4.98 Å². The quantitative estimate of drug-likeness (QED) is 0.449. The SMILES string of the molecule is Cc1cccc(-c2cccc([N+]#N)c2O)c1.F[B-](F)(F)F. The minimum atomic E-state index is -6.00. The van der Waals surface area contributed by atoms with Crippen LogP contribution >= 0.6 is 0 Å². The van der Waals surface area contributed by atoms with E-state index in [9.17, 15) is 22.4 Å². The van der Waals surface area contributed by atoms with E-state index in [1.165, 1.54) is 0 Å². The van der Waals surface area contributed by atoms with Gasteiger partial charge in [-0.1, -0.05) is 42.0 Å². The summed E-state index contributed by atoms with van der Waals surface area (Å²) in [5, 5.41) is 18.6. The van der Waals surface area contributed by atoms with Crippen molar-refractivity contribution in [2.75, 3.05) is 0 Å². The molecule has 0 aromatic heterocycles. The van der Waals surface area contributed by atoms with Crippen molar-refractivity contribution in [1.29, 1.82) is 5.39 Å². The number of diazo groups is 1. The lowest BCUT2D eigenvalue weighted by Gasteiger charge is -2.03. The van der Waals surface area contributed by atoms with Crippen LogP contribution in [0, 0.1) is 12.3 Å². The van der Waals surface area contributed by atoms with Crippen LogP contribution in [-0.4, -0.2) is 12.4 Å². The predicted octanol–water partition coefficient (Wildman–Crippen LogP) is 5.15. The van der Waals surface area contributed by atoms with Crippen LogP contribution in [0.1, 0.15) is 5.56 Å². The molecule has 0 saturated carbocycles. The van der Waals surface area contributed by atoms with E-state index in [1.54, 1.807) is 18.2 Å². The van der Waals surface area contributed by atoms with Crippen LogP contribution in [0.15, 0.2) is 42.5 Å². The second-order valence-corrected chi connectivity index (χ2v) is 4.14. The first-order valence-corrected chi connectivity index (χ1v) is 5.84. The van der Waals surface area contributed by atoms with Crippen molar-refractivity contribution in [3.8, 4) is 16.9 Å². The zero-order valence-electron chi connectivity index (χ0n) is 11.0. The molecule has 2 rings (SSSR count). The summed E-state index contributed by atoms with van der Waals surface area (Å²) in [7, 11) is -6.00. The minimum Gasteiger partial charge on any atom is -0.501 e. The Morgan fingerprint density at radius 2 is 1.62 bits per heavy atom. The van der Waals surface area contributed by atoms with Gasteiger partial charge in [-0.05, 0) is 12.5 Å². The molecule has 8 heteroatoms. The number of aryl methyl sites for hydroxylation is 1. The maximum Gasteiger partial charge on any atom is 0.673 e. The highest BCUT2D eigenvalue weighted by Gasteiger charge is 2.20. The minimum absolute atomic E-state index is 0.00407. The van der Waals surface area contributed by atoms with Gasteiger partial charge in [0.05, 0.1) is 0 Å². The molecule has 0 radical (unpaired) electrons. The summed E-state index contributed by atoms with van der Waals surface area (Å²) in [4.78, 5) is 3.03. The number of para-hydroxylation sites is 1. The lowest BCUT2D eigenvalue weighted by Crippen LogP contribution is -2.02. The van der Waals surface area contributed by atoms with Crippen molar-refractivity contribution in [2.24, 2.45) is 0 Å². The molecule has 0 unspecified atom stereocenters. The lowest BCUT2D eigenvalue weighted by atomic mass is 10.0. The molecule has 110 valence electrons. The van der Waals surface area contributed by atoms with Crippen molar-refractivity contribution in [3.05, 3.63) is 53.0 Å². The number of rotatable bonds is 1. The maximum absolute atomic E-state index is 9.88. The Morgan fingerprint density at radius 1 is 1.05 bits per heavy atom. The van der Waals surface area contributed by atoms with E-state index in [0.717, 1.165) is 11.1 Å². The monoisotopic (exact) mass is 298 g/mol. The van der Waals surface area contributed by atoms with Crippen LogP contribution in [0.3, 0.4) is 0 Å². The molecule has 0 bridgehead atoms. The first-order valence-electron chi connectivity index (χ1n) is 5.84. The first kappa shape index (κ1) is 16.5. The van der Waals surface area contributed by atoms with Gasteiger partial charge in [0.2, 0.25) is 11.1 Å². The highest BCUT2D eigenvalue weighted by atomic mass is 19.5. The van der Waals surface area contributed by atoms with Gasteiger partial charge in [-0.3, -0.25) is 0 Å². The fraction of sp³-hybridized carbons (Fsp3) is 0.0769. The number of aromatic hydroxyl groups is 1. The second-order valence-electron chi connectivity index (χ2n) is 4.14. The number of phenolic OH excluding ortho intramolecular Hbond substituents is 1. The highest BCUT2D eigenvalue weighted by molar-refractivity contribution is 6.50. The first-order chi connectivity index (χ1) is 9.72. The Labute approximate surface area is 118 Å². The molecule has 21 heavy (non-hydrogen) atoms. The third-order valence-corrected chi connectivity index (χ3v) is 2.45. The number of phenols is 1. The highest BCUT2D eigenvalue weighted by Crippen LogP contribution is 2.37. The normalized spacial score (nSPS) is 10.3. The van der Waals surface area contributed by atoms with Crippen LogP contribution in [0.5, 0.6) is 5.75 Å². The molecule has 0 aliphatic heterocycles. The van der Waals surface area contributed by atoms with Crippen LogP contribution in [0.25, 0.3) is 16.1 Å². The van der Waals surface area contributed by atoms with Crippen molar-refractivity contribution in [1.82, 2.24) is 0 Å². The molecule has 1 N–H and O–H groups in total. The van der Waals surface area contributed by atoms with E-state index in [0.29, 0.717) is 5.56 Å². The molecule has 0 saturated heterocycles. The van der Waals surface area contributed by atoms with E-state index >= 15 is 0 Å².